The molecule has 9 heteroatoms. The molecule has 2 fully saturated rings. The lowest BCUT2D eigenvalue weighted by Crippen LogP contribution is -2.36. The molecule has 24 heavy (non-hydrogen) atoms. The van der Waals surface area contributed by atoms with Gasteiger partial charge in [0.15, 0.2) is 5.13 Å². The first-order valence-electron chi connectivity index (χ1n) is 7.69. The molecule has 2 aliphatic heterocycles. The molecule has 1 aromatic rings. The molecule has 7 nitrogen and oxygen atoms in total. The number of thioether (sulfide) groups is 1. The monoisotopic (exact) mass is 367 g/mol. The third-order valence-corrected chi connectivity index (χ3v) is 5.63. The number of amides is 2. The number of aromatic nitrogens is 1. The summed E-state index contributed by atoms with van der Waals surface area (Å²) in [6.45, 7) is 3.73. The summed E-state index contributed by atoms with van der Waals surface area (Å²) < 4.78 is 5.07. The minimum absolute atomic E-state index is 0.0349. The van der Waals surface area contributed by atoms with E-state index in [2.05, 4.69) is 15.2 Å². The van der Waals surface area contributed by atoms with Crippen LogP contribution >= 0.6 is 23.1 Å². The Morgan fingerprint density at radius 2 is 2.21 bits per heavy atom. The number of carbonyl (C=O) groups excluding carboxylic acids is 3. The van der Waals surface area contributed by atoms with Crippen LogP contribution < -0.4 is 10.2 Å². The number of thiazole rings is 1. The molecule has 0 radical (unpaired) electrons. The highest BCUT2D eigenvalue weighted by molar-refractivity contribution is 8.18. The largest absolute Gasteiger partial charge is 0.466 e. The summed E-state index contributed by atoms with van der Waals surface area (Å²) in [6, 6.07) is 0. The lowest BCUT2D eigenvalue weighted by Gasteiger charge is -2.30. The number of anilines is 1. The minimum Gasteiger partial charge on any atom is -0.466 e. The van der Waals surface area contributed by atoms with E-state index in [1.165, 1.54) is 11.3 Å². The van der Waals surface area contributed by atoms with E-state index >= 15 is 0 Å². The molecule has 0 aliphatic carbocycles. The zero-order valence-electron chi connectivity index (χ0n) is 13.1. The summed E-state index contributed by atoms with van der Waals surface area (Å²) in [4.78, 5) is 42.2. The van der Waals surface area contributed by atoms with Gasteiger partial charge in [-0.3, -0.25) is 19.7 Å². The van der Waals surface area contributed by atoms with Crippen molar-refractivity contribution in [2.24, 2.45) is 5.92 Å². The van der Waals surface area contributed by atoms with Crippen molar-refractivity contribution < 1.29 is 19.1 Å². The molecule has 0 spiro atoms. The fourth-order valence-electron chi connectivity index (χ4n) is 2.61. The molecule has 2 saturated heterocycles. The average Bonchev–Trinajstić information content (AvgIpc) is 3.15. The van der Waals surface area contributed by atoms with Crippen LogP contribution in [0.25, 0.3) is 6.08 Å². The third kappa shape index (κ3) is 3.78. The fraction of sp³-hybridized carbons (Fsp3) is 0.467. The Balaban J connectivity index is 1.61. The second kappa shape index (κ2) is 7.35. The van der Waals surface area contributed by atoms with Gasteiger partial charge in [-0.05, 0) is 37.6 Å². The van der Waals surface area contributed by atoms with E-state index in [1.54, 1.807) is 12.3 Å². The maximum absolute atomic E-state index is 11.8. The molecule has 0 bridgehead atoms. The number of carbonyl (C=O) groups is 3. The van der Waals surface area contributed by atoms with Gasteiger partial charge in [0.1, 0.15) is 0 Å². The number of rotatable bonds is 4. The molecule has 0 saturated carbocycles. The van der Waals surface area contributed by atoms with E-state index in [1.807, 2.05) is 6.92 Å². The topological polar surface area (TPSA) is 88.6 Å². The first kappa shape index (κ1) is 17.0. The highest BCUT2D eigenvalue weighted by atomic mass is 32.2. The summed E-state index contributed by atoms with van der Waals surface area (Å²) in [5.74, 6) is -0.516. The van der Waals surface area contributed by atoms with Crippen LogP contribution in [0.5, 0.6) is 0 Å². The van der Waals surface area contributed by atoms with Crippen LogP contribution in [0.2, 0.25) is 0 Å². The Bertz CT molecular complexity index is 693. The molecule has 1 aromatic heterocycles. The highest BCUT2D eigenvalue weighted by Crippen LogP contribution is 2.31. The van der Waals surface area contributed by atoms with Gasteiger partial charge in [0.2, 0.25) is 0 Å². The Morgan fingerprint density at radius 1 is 1.46 bits per heavy atom. The second-order valence-corrected chi connectivity index (χ2v) is 7.47. The zero-order valence-corrected chi connectivity index (χ0v) is 14.7. The van der Waals surface area contributed by atoms with Crippen molar-refractivity contribution in [3.05, 3.63) is 16.0 Å². The maximum atomic E-state index is 11.8. The number of hydrogen-bond acceptors (Lipinski definition) is 8. The predicted molar refractivity (Wildman–Crippen MR) is 92.8 cm³/mol. The Kier molecular flexibility index (Phi) is 5.20. The predicted octanol–water partition coefficient (Wildman–Crippen LogP) is 2.25. The van der Waals surface area contributed by atoms with Crippen LogP contribution in [0.4, 0.5) is 9.93 Å². The fourth-order valence-corrected chi connectivity index (χ4v) is 4.26. The first-order chi connectivity index (χ1) is 11.6. The molecule has 0 atom stereocenters. The molecule has 1 N–H and O–H groups in total. The van der Waals surface area contributed by atoms with Crippen molar-refractivity contribution in [3.63, 3.8) is 0 Å². The van der Waals surface area contributed by atoms with Gasteiger partial charge < -0.3 is 9.64 Å². The zero-order chi connectivity index (χ0) is 17.1. The van der Waals surface area contributed by atoms with Gasteiger partial charge in [0.05, 0.1) is 22.3 Å². The summed E-state index contributed by atoms with van der Waals surface area (Å²) >= 11 is 2.36. The molecule has 2 amide bonds. The van der Waals surface area contributed by atoms with Crippen LogP contribution in [0, 0.1) is 5.92 Å². The van der Waals surface area contributed by atoms with Crippen LogP contribution in [-0.2, 0) is 14.3 Å². The molecule has 0 aromatic carbocycles. The average molecular weight is 367 g/mol. The Morgan fingerprint density at radius 3 is 2.83 bits per heavy atom. The van der Waals surface area contributed by atoms with Crippen molar-refractivity contribution in [1.29, 1.82) is 0 Å². The van der Waals surface area contributed by atoms with Gasteiger partial charge in [0, 0.05) is 19.3 Å². The standard InChI is InChI=1S/C15H17N3O4S2/c1-2-22-13(20)9-3-5-18(6-4-9)14-16-8-10(23-14)7-11-12(19)17-15(21)24-11/h7-9H,2-6H2,1H3,(H,17,19,21)/b11-7+. The SMILES string of the molecule is CCOC(=O)C1CCN(c2ncc(/C=C3/SC(=O)NC3=O)s2)CC1. The van der Waals surface area contributed by atoms with Gasteiger partial charge in [-0.2, -0.15) is 0 Å². The summed E-state index contributed by atoms with van der Waals surface area (Å²) in [5, 5.41) is 2.74. The summed E-state index contributed by atoms with van der Waals surface area (Å²) in [5.41, 5.74) is 0. The maximum Gasteiger partial charge on any atom is 0.309 e. The van der Waals surface area contributed by atoms with Gasteiger partial charge in [-0.15, -0.1) is 0 Å². The number of imide groups is 1. The van der Waals surface area contributed by atoms with Crippen molar-refractivity contribution in [1.82, 2.24) is 10.3 Å². The highest BCUT2D eigenvalue weighted by Gasteiger charge is 2.28. The number of nitrogens with one attached hydrogen (secondary N) is 1. The molecule has 2 aliphatic rings. The molecular weight excluding hydrogens is 350 g/mol. The van der Waals surface area contributed by atoms with Crippen molar-refractivity contribution in [2.75, 3.05) is 24.6 Å². The Hall–Kier alpha value is -1.87. The molecule has 3 rings (SSSR count). The number of esters is 1. The van der Waals surface area contributed by atoms with E-state index in [0.717, 1.165) is 47.7 Å². The molecule has 0 unspecified atom stereocenters. The number of ether oxygens (including phenoxy) is 1. The molecule has 3 heterocycles. The normalized spacial score (nSPS) is 20.5. The molecule has 128 valence electrons. The van der Waals surface area contributed by atoms with E-state index in [-0.39, 0.29) is 23.0 Å². The van der Waals surface area contributed by atoms with Crippen LogP contribution in [0.1, 0.15) is 24.6 Å². The molecular formula is C15H17N3O4S2. The van der Waals surface area contributed by atoms with Crippen LogP contribution in [-0.4, -0.2) is 41.8 Å². The van der Waals surface area contributed by atoms with Gasteiger partial charge in [0.25, 0.3) is 11.1 Å². The van der Waals surface area contributed by atoms with Crippen molar-refractivity contribution >= 4 is 51.4 Å². The summed E-state index contributed by atoms with van der Waals surface area (Å²) in [7, 11) is 0. The van der Waals surface area contributed by atoms with Gasteiger partial charge >= 0.3 is 5.97 Å². The lowest BCUT2D eigenvalue weighted by molar-refractivity contribution is -0.148. The van der Waals surface area contributed by atoms with E-state index in [4.69, 9.17) is 4.74 Å². The quantitative estimate of drug-likeness (QED) is 0.645. The first-order valence-corrected chi connectivity index (χ1v) is 9.32. The lowest BCUT2D eigenvalue weighted by atomic mass is 9.97. The van der Waals surface area contributed by atoms with Crippen LogP contribution in [0.15, 0.2) is 11.1 Å². The second-order valence-electron chi connectivity index (χ2n) is 5.41. The van der Waals surface area contributed by atoms with E-state index < -0.39 is 0 Å². The van der Waals surface area contributed by atoms with Crippen molar-refractivity contribution in [2.45, 2.75) is 19.8 Å². The Labute approximate surface area is 147 Å². The number of hydrogen-bond donors (Lipinski definition) is 1. The third-order valence-electron chi connectivity index (χ3n) is 3.81. The van der Waals surface area contributed by atoms with E-state index in [9.17, 15) is 14.4 Å². The van der Waals surface area contributed by atoms with E-state index in [0.29, 0.717) is 11.5 Å². The van der Waals surface area contributed by atoms with Gasteiger partial charge in [-0.25, -0.2) is 4.98 Å². The van der Waals surface area contributed by atoms with Crippen LogP contribution in [0.3, 0.4) is 0 Å². The number of nitrogens with zero attached hydrogens (tertiary/aromatic N) is 2. The summed E-state index contributed by atoms with van der Waals surface area (Å²) in [6.07, 6.45) is 4.88. The smallest absolute Gasteiger partial charge is 0.309 e. The van der Waals surface area contributed by atoms with Crippen molar-refractivity contribution in [3.8, 4) is 0 Å². The minimum atomic E-state index is -0.366. The van der Waals surface area contributed by atoms with Gasteiger partial charge in [-0.1, -0.05) is 11.3 Å². The number of piperidine rings is 1.